The average molecular weight is 224 g/mol. The largest absolute Gasteiger partial charge is 0.391 e. The highest BCUT2D eigenvalue weighted by Gasteiger charge is 2.52. The summed E-state index contributed by atoms with van der Waals surface area (Å²) in [6.07, 6.45) is -15.9. The minimum Gasteiger partial charge on any atom is -0.251 e. The molecule has 0 aromatic carbocycles. The molecule has 14 heavy (non-hydrogen) atoms. The Balaban J connectivity index is 4.49. The molecule has 1 nitrogen and oxygen atoms in total. The zero-order chi connectivity index (χ0) is 11.6. The number of hydrogen-bond donors (Lipinski definition) is 0. The van der Waals surface area contributed by atoms with Crippen LogP contribution in [0.25, 0.3) is 0 Å². The lowest BCUT2D eigenvalue weighted by atomic mass is 10.3. The quantitative estimate of drug-likeness (QED) is 0.651. The minimum atomic E-state index is -4.69. The molecule has 0 bridgehead atoms. The summed E-state index contributed by atoms with van der Waals surface area (Å²) in [5, 5.41) is 0. The van der Waals surface area contributed by atoms with E-state index in [1.807, 2.05) is 0 Å². The lowest BCUT2D eigenvalue weighted by Crippen LogP contribution is -2.43. The second-order valence-electron chi connectivity index (χ2n) is 2.72. The molecule has 0 radical (unpaired) electrons. The van der Waals surface area contributed by atoms with E-state index in [1.165, 1.54) is 0 Å². The summed E-state index contributed by atoms with van der Waals surface area (Å²) in [6, 6.07) is 0. The number of hydrogen-bond acceptors (Lipinski definition) is 1. The van der Waals surface area contributed by atoms with Crippen molar-refractivity contribution in [2.45, 2.75) is 44.8 Å². The predicted octanol–water partition coefficient (Wildman–Crippen LogP) is 3.29. The van der Waals surface area contributed by atoms with Gasteiger partial charge in [-0.1, -0.05) is 6.92 Å². The zero-order valence-corrected chi connectivity index (χ0v) is 7.54. The van der Waals surface area contributed by atoms with E-state index >= 15 is 0 Å². The lowest BCUT2D eigenvalue weighted by molar-refractivity contribution is -0.404. The highest BCUT2D eigenvalue weighted by atomic mass is 19.3. The molecule has 0 aliphatic rings. The topological polar surface area (TPSA) is 9.23 Å². The fourth-order valence-corrected chi connectivity index (χ4v) is 0.564. The molecule has 2 unspecified atom stereocenters. The Labute approximate surface area is 77.0 Å². The highest BCUT2D eigenvalue weighted by molar-refractivity contribution is 4.71. The first-order valence-electron chi connectivity index (χ1n) is 3.87. The molecule has 0 fully saturated rings. The van der Waals surface area contributed by atoms with Crippen molar-refractivity contribution < 1.29 is 31.1 Å². The van der Waals surface area contributed by atoms with Gasteiger partial charge < -0.3 is 0 Å². The Bertz CT molecular complexity index is 181. The zero-order valence-electron chi connectivity index (χ0n) is 7.54. The maximum Gasteiger partial charge on any atom is 0.391 e. The van der Waals surface area contributed by atoms with Gasteiger partial charge >= 0.3 is 12.2 Å². The fourth-order valence-electron chi connectivity index (χ4n) is 0.564. The van der Waals surface area contributed by atoms with E-state index in [4.69, 9.17) is 0 Å². The van der Waals surface area contributed by atoms with Crippen LogP contribution in [-0.2, 0) is 4.74 Å². The van der Waals surface area contributed by atoms with Crippen LogP contribution in [-0.4, -0.2) is 24.6 Å². The Morgan fingerprint density at radius 3 is 1.79 bits per heavy atom. The van der Waals surface area contributed by atoms with Crippen molar-refractivity contribution in [1.82, 2.24) is 0 Å². The Kier molecular flexibility index (Phi) is 4.23. The first-order valence-corrected chi connectivity index (χ1v) is 3.87. The molecule has 0 aromatic heterocycles. The molecule has 86 valence electrons. The molecular weight excluding hydrogens is 214 g/mol. The molecule has 0 N–H and O–H groups in total. The van der Waals surface area contributed by atoms with Gasteiger partial charge in [0.05, 0.1) is 0 Å². The Morgan fingerprint density at radius 1 is 1.07 bits per heavy atom. The first-order chi connectivity index (χ1) is 6.13. The van der Waals surface area contributed by atoms with Gasteiger partial charge in [-0.25, -0.2) is 8.78 Å². The fraction of sp³-hybridized carbons (Fsp3) is 1.00. The average Bonchev–Trinajstić information content (AvgIpc) is 2.00. The van der Waals surface area contributed by atoms with Crippen LogP contribution < -0.4 is 0 Å². The maximum absolute atomic E-state index is 12.4. The third-order valence-corrected chi connectivity index (χ3v) is 1.46. The molecular formula is C7H10F6O. The van der Waals surface area contributed by atoms with Crippen LogP contribution in [0.15, 0.2) is 0 Å². The second kappa shape index (κ2) is 4.37. The summed E-state index contributed by atoms with van der Waals surface area (Å²) in [6.45, 7) is 1.37. The van der Waals surface area contributed by atoms with Crippen LogP contribution in [0, 0.1) is 0 Å². The van der Waals surface area contributed by atoms with Crippen LogP contribution in [0.5, 0.6) is 0 Å². The van der Waals surface area contributed by atoms with E-state index in [2.05, 4.69) is 4.74 Å². The highest BCUT2D eigenvalue weighted by Crippen LogP contribution is 2.35. The molecule has 0 heterocycles. The molecule has 2 atom stereocenters. The standard InChI is InChI=1S/C7H10F6O/c1-3-5(9)7(12,13)14-6(10,11)4(2)8/h4-5H,3H2,1-2H3. The monoisotopic (exact) mass is 224 g/mol. The van der Waals surface area contributed by atoms with Gasteiger partial charge in [0, 0.05) is 0 Å². The molecule has 0 spiro atoms. The molecule has 7 heteroatoms. The van der Waals surface area contributed by atoms with Crippen molar-refractivity contribution >= 4 is 0 Å². The first kappa shape index (κ1) is 13.5. The van der Waals surface area contributed by atoms with E-state index in [9.17, 15) is 26.3 Å². The number of ether oxygens (including phenoxy) is 1. The molecule has 0 aromatic rings. The van der Waals surface area contributed by atoms with Crippen molar-refractivity contribution in [3.05, 3.63) is 0 Å². The van der Waals surface area contributed by atoms with Crippen molar-refractivity contribution in [3.63, 3.8) is 0 Å². The van der Waals surface area contributed by atoms with E-state index in [0.717, 1.165) is 6.92 Å². The van der Waals surface area contributed by atoms with Crippen molar-refractivity contribution in [2.24, 2.45) is 0 Å². The molecule has 0 aliphatic carbocycles. The lowest BCUT2D eigenvalue weighted by Gasteiger charge is -2.26. The smallest absolute Gasteiger partial charge is 0.251 e. The van der Waals surface area contributed by atoms with Gasteiger partial charge in [-0.05, 0) is 13.3 Å². The van der Waals surface area contributed by atoms with Crippen molar-refractivity contribution in [3.8, 4) is 0 Å². The van der Waals surface area contributed by atoms with E-state index in [0.29, 0.717) is 6.92 Å². The van der Waals surface area contributed by atoms with E-state index in [-0.39, 0.29) is 0 Å². The van der Waals surface area contributed by atoms with E-state index < -0.39 is 31.0 Å². The number of alkyl halides is 6. The van der Waals surface area contributed by atoms with E-state index in [1.54, 1.807) is 0 Å². The van der Waals surface area contributed by atoms with Gasteiger partial charge in [-0.15, -0.1) is 0 Å². The van der Waals surface area contributed by atoms with Crippen molar-refractivity contribution in [2.75, 3.05) is 0 Å². The third-order valence-electron chi connectivity index (χ3n) is 1.46. The van der Waals surface area contributed by atoms with Crippen LogP contribution in [0.3, 0.4) is 0 Å². The van der Waals surface area contributed by atoms with Crippen molar-refractivity contribution in [1.29, 1.82) is 0 Å². The summed E-state index contributed by atoms with van der Waals surface area (Å²) >= 11 is 0. The van der Waals surface area contributed by atoms with Gasteiger partial charge in [0.2, 0.25) is 0 Å². The van der Waals surface area contributed by atoms with Crippen LogP contribution in [0.1, 0.15) is 20.3 Å². The number of halogens is 6. The molecule has 0 saturated carbocycles. The summed E-state index contributed by atoms with van der Waals surface area (Å²) in [5.41, 5.74) is 0. The molecule has 0 aliphatic heterocycles. The summed E-state index contributed by atoms with van der Waals surface area (Å²) in [4.78, 5) is 0. The van der Waals surface area contributed by atoms with Gasteiger partial charge in [0.25, 0.3) is 0 Å². The van der Waals surface area contributed by atoms with Gasteiger partial charge in [-0.2, -0.15) is 17.6 Å². The van der Waals surface area contributed by atoms with Gasteiger partial charge in [0.1, 0.15) is 0 Å². The SMILES string of the molecule is CCC(F)C(F)(F)OC(F)(F)C(C)F. The molecule has 0 amide bonds. The number of rotatable bonds is 5. The maximum atomic E-state index is 12.4. The Hall–Kier alpha value is -0.460. The second-order valence-corrected chi connectivity index (χ2v) is 2.72. The summed E-state index contributed by atoms with van der Waals surface area (Å²) in [5.74, 6) is 0. The van der Waals surface area contributed by atoms with Crippen LogP contribution in [0.2, 0.25) is 0 Å². The van der Waals surface area contributed by atoms with Crippen LogP contribution in [0.4, 0.5) is 26.3 Å². The molecule has 0 rings (SSSR count). The van der Waals surface area contributed by atoms with Gasteiger partial charge in [-0.3, -0.25) is 4.74 Å². The third kappa shape index (κ3) is 3.36. The van der Waals surface area contributed by atoms with Crippen LogP contribution >= 0.6 is 0 Å². The summed E-state index contributed by atoms with van der Waals surface area (Å²) < 4.78 is 76.7. The molecule has 0 saturated heterocycles. The predicted molar refractivity (Wildman–Crippen MR) is 36.7 cm³/mol. The normalized spacial score (nSPS) is 18.0. The minimum absolute atomic E-state index is 0.343. The summed E-state index contributed by atoms with van der Waals surface area (Å²) in [7, 11) is 0. The Morgan fingerprint density at radius 2 is 1.50 bits per heavy atom. The van der Waals surface area contributed by atoms with Gasteiger partial charge in [0.15, 0.2) is 12.3 Å².